The lowest BCUT2D eigenvalue weighted by atomic mass is 10.3. The van der Waals surface area contributed by atoms with E-state index in [1.165, 1.54) is 0 Å². The van der Waals surface area contributed by atoms with Gasteiger partial charge in [-0.2, -0.15) is 5.10 Å². The molecule has 0 aliphatic carbocycles. The zero-order valence-corrected chi connectivity index (χ0v) is 7.02. The van der Waals surface area contributed by atoms with Crippen LogP contribution in [0.5, 0.6) is 0 Å². The fourth-order valence-corrected chi connectivity index (χ4v) is 1.52. The van der Waals surface area contributed by atoms with Crippen molar-refractivity contribution in [2.45, 2.75) is 6.92 Å². The summed E-state index contributed by atoms with van der Waals surface area (Å²) in [6, 6.07) is 3.90. The summed E-state index contributed by atoms with van der Waals surface area (Å²) < 4.78 is 1.95. The van der Waals surface area contributed by atoms with Gasteiger partial charge in [0, 0.05) is 5.39 Å². The van der Waals surface area contributed by atoms with E-state index in [4.69, 9.17) is 0 Å². The average molecular weight is 173 g/mol. The van der Waals surface area contributed by atoms with E-state index in [-0.39, 0.29) is 0 Å². The van der Waals surface area contributed by atoms with Crippen molar-refractivity contribution in [1.82, 2.24) is 24.8 Å². The number of nitrogens with zero attached hydrogens (tertiary/aromatic N) is 4. The van der Waals surface area contributed by atoms with Crippen LogP contribution >= 0.6 is 0 Å². The van der Waals surface area contributed by atoms with E-state index < -0.39 is 0 Å². The van der Waals surface area contributed by atoms with E-state index >= 15 is 0 Å². The fourth-order valence-electron chi connectivity index (χ4n) is 1.52. The van der Waals surface area contributed by atoms with E-state index in [0.717, 1.165) is 22.5 Å². The van der Waals surface area contributed by atoms with Crippen molar-refractivity contribution in [3.8, 4) is 0 Å². The minimum absolute atomic E-state index is 0.842. The number of pyridine rings is 1. The maximum atomic E-state index is 4.01. The SMILES string of the molecule is Cc1nnc2ccc3cn[nH]c3n12. The van der Waals surface area contributed by atoms with Crippen LogP contribution in [-0.2, 0) is 0 Å². The Hall–Kier alpha value is -1.91. The van der Waals surface area contributed by atoms with Crippen molar-refractivity contribution < 1.29 is 0 Å². The molecule has 0 fully saturated rings. The van der Waals surface area contributed by atoms with Gasteiger partial charge in [-0.05, 0) is 19.1 Å². The van der Waals surface area contributed by atoms with Gasteiger partial charge in [-0.3, -0.25) is 9.50 Å². The molecule has 0 unspecified atom stereocenters. The average Bonchev–Trinajstić information content (AvgIpc) is 2.70. The van der Waals surface area contributed by atoms with Crippen LogP contribution in [0.4, 0.5) is 0 Å². The third kappa shape index (κ3) is 0.729. The first-order valence-electron chi connectivity index (χ1n) is 4.00. The van der Waals surface area contributed by atoms with E-state index in [0.29, 0.717) is 0 Å². The van der Waals surface area contributed by atoms with Crippen LogP contribution in [0.1, 0.15) is 5.82 Å². The number of H-pyrrole nitrogens is 1. The summed E-state index contributed by atoms with van der Waals surface area (Å²) in [6.07, 6.45) is 1.79. The quantitative estimate of drug-likeness (QED) is 0.549. The minimum Gasteiger partial charge on any atom is -0.263 e. The van der Waals surface area contributed by atoms with Gasteiger partial charge in [0.05, 0.1) is 6.20 Å². The number of aromatic nitrogens is 5. The summed E-state index contributed by atoms with van der Waals surface area (Å²) in [6.45, 7) is 1.92. The molecule has 0 atom stereocenters. The molecule has 5 nitrogen and oxygen atoms in total. The maximum Gasteiger partial charge on any atom is 0.162 e. The molecular weight excluding hydrogens is 166 g/mol. The van der Waals surface area contributed by atoms with Crippen LogP contribution in [-0.4, -0.2) is 24.8 Å². The Balaban J connectivity index is 2.70. The van der Waals surface area contributed by atoms with Crippen molar-refractivity contribution in [2.75, 3.05) is 0 Å². The van der Waals surface area contributed by atoms with Crippen molar-refractivity contribution in [3.63, 3.8) is 0 Å². The van der Waals surface area contributed by atoms with Gasteiger partial charge in [0.25, 0.3) is 0 Å². The second kappa shape index (κ2) is 2.07. The van der Waals surface area contributed by atoms with Crippen LogP contribution in [0, 0.1) is 6.92 Å². The number of hydrogen-bond donors (Lipinski definition) is 1. The van der Waals surface area contributed by atoms with Crippen LogP contribution in [0.25, 0.3) is 16.7 Å². The second-order valence-electron chi connectivity index (χ2n) is 2.95. The minimum atomic E-state index is 0.842. The molecular formula is C8H7N5. The summed E-state index contributed by atoms with van der Waals surface area (Å²) >= 11 is 0. The Morgan fingerprint density at radius 2 is 2.23 bits per heavy atom. The van der Waals surface area contributed by atoms with E-state index in [1.807, 2.05) is 23.5 Å². The highest BCUT2D eigenvalue weighted by atomic mass is 15.3. The summed E-state index contributed by atoms with van der Waals surface area (Å²) in [7, 11) is 0. The highest BCUT2D eigenvalue weighted by Gasteiger charge is 2.05. The van der Waals surface area contributed by atoms with Crippen LogP contribution in [0.15, 0.2) is 18.3 Å². The molecule has 0 amide bonds. The Bertz CT molecular complexity index is 576. The zero-order chi connectivity index (χ0) is 8.84. The second-order valence-corrected chi connectivity index (χ2v) is 2.95. The Kier molecular flexibility index (Phi) is 1.05. The normalized spacial score (nSPS) is 11.5. The van der Waals surface area contributed by atoms with E-state index in [9.17, 15) is 0 Å². The van der Waals surface area contributed by atoms with Crippen LogP contribution in [0.3, 0.4) is 0 Å². The molecule has 0 aliphatic heterocycles. The lowest BCUT2D eigenvalue weighted by Crippen LogP contribution is -1.90. The van der Waals surface area contributed by atoms with Gasteiger partial charge in [0.1, 0.15) is 11.5 Å². The number of nitrogens with one attached hydrogen (secondary N) is 1. The predicted molar refractivity (Wildman–Crippen MR) is 47.4 cm³/mol. The zero-order valence-electron chi connectivity index (χ0n) is 7.02. The lowest BCUT2D eigenvalue weighted by molar-refractivity contribution is 1.00. The largest absolute Gasteiger partial charge is 0.263 e. The molecule has 0 radical (unpaired) electrons. The molecule has 13 heavy (non-hydrogen) atoms. The standard InChI is InChI=1S/C8H7N5/c1-5-10-11-7-3-2-6-4-9-12-8(6)13(5)7/h2-4H,1H3,(H,9,12). The van der Waals surface area contributed by atoms with Crippen molar-refractivity contribution >= 4 is 16.7 Å². The van der Waals surface area contributed by atoms with E-state index in [2.05, 4.69) is 20.4 Å². The Morgan fingerprint density at radius 1 is 1.31 bits per heavy atom. The number of hydrogen-bond acceptors (Lipinski definition) is 3. The third-order valence-corrected chi connectivity index (χ3v) is 2.13. The monoisotopic (exact) mass is 173 g/mol. The van der Waals surface area contributed by atoms with Crippen molar-refractivity contribution in [3.05, 3.63) is 24.2 Å². The highest BCUT2D eigenvalue weighted by molar-refractivity contribution is 5.77. The molecule has 5 heteroatoms. The van der Waals surface area contributed by atoms with Gasteiger partial charge in [0.15, 0.2) is 5.65 Å². The first-order valence-corrected chi connectivity index (χ1v) is 4.00. The van der Waals surface area contributed by atoms with Gasteiger partial charge in [-0.15, -0.1) is 10.2 Å². The Morgan fingerprint density at radius 3 is 3.15 bits per heavy atom. The summed E-state index contributed by atoms with van der Waals surface area (Å²) in [5, 5.41) is 16.0. The molecule has 3 heterocycles. The molecule has 3 aromatic heterocycles. The van der Waals surface area contributed by atoms with E-state index in [1.54, 1.807) is 6.20 Å². The van der Waals surface area contributed by atoms with Crippen molar-refractivity contribution in [1.29, 1.82) is 0 Å². The molecule has 0 saturated carbocycles. The van der Waals surface area contributed by atoms with Crippen LogP contribution in [0.2, 0.25) is 0 Å². The molecule has 0 aliphatic rings. The maximum absolute atomic E-state index is 4.01. The van der Waals surface area contributed by atoms with Gasteiger partial charge in [-0.1, -0.05) is 0 Å². The highest BCUT2D eigenvalue weighted by Crippen LogP contribution is 2.13. The first kappa shape index (κ1) is 6.59. The number of fused-ring (bicyclic) bond motifs is 3. The molecule has 0 aromatic carbocycles. The number of aryl methyl sites for hydroxylation is 1. The van der Waals surface area contributed by atoms with Crippen LogP contribution < -0.4 is 0 Å². The Labute approximate surface area is 73.4 Å². The molecule has 3 aromatic rings. The van der Waals surface area contributed by atoms with Gasteiger partial charge >= 0.3 is 0 Å². The smallest absolute Gasteiger partial charge is 0.162 e. The molecule has 0 saturated heterocycles. The first-order chi connectivity index (χ1) is 6.36. The molecule has 0 spiro atoms. The van der Waals surface area contributed by atoms with Gasteiger partial charge in [-0.25, -0.2) is 0 Å². The summed E-state index contributed by atoms with van der Waals surface area (Å²) in [4.78, 5) is 0. The fraction of sp³-hybridized carbons (Fsp3) is 0.125. The molecule has 64 valence electrons. The van der Waals surface area contributed by atoms with Crippen molar-refractivity contribution in [2.24, 2.45) is 0 Å². The van der Waals surface area contributed by atoms with Gasteiger partial charge < -0.3 is 0 Å². The summed E-state index contributed by atoms with van der Waals surface area (Å²) in [5.41, 5.74) is 1.79. The molecule has 3 rings (SSSR count). The summed E-state index contributed by atoms with van der Waals surface area (Å²) in [5.74, 6) is 0.866. The van der Waals surface area contributed by atoms with Gasteiger partial charge in [0.2, 0.25) is 0 Å². The topological polar surface area (TPSA) is 58.9 Å². The number of rotatable bonds is 0. The third-order valence-electron chi connectivity index (χ3n) is 2.13. The predicted octanol–water partition coefficient (Wildman–Crippen LogP) is 0.914. The molecule has 1 N–H and O–H groups in total. The molecule has 0 bridgehead atoms. The number of aromatic amines is 1. The lowest BCUT2D eigenvalue weighted by Gasteiger charge is -1.95.